The lowest BCUT2D eigenvalue weighted by molar-refractivity contribution is -0.274. The Balaban J connectivity index is 1.56. The number of halogens is 4. The lowest BCUT2D eigenvalue weighted by Gasteiger charge is -2.23. The van der Waals surface area contributed by atoms with E-state index >= 15 is 0 Å². The minimum atomic E-state index is -4.87. The van der Waals surface area contributed by atoms with Crippen LogP contribution in [0, 0.1) is 0 Å². The third-order valence-corrected chi connectivity index (χ3v) is 6.06. The minimum Gasteiger partial charge on any atom is -0.406 e. The van der Waals surface area contributed by atoms with E-state index in [2.05, 4.69) is 9.72 Å². The molecule has 3 aromatic rings. The Morgan fingerprint density at radius 3 is 2.35 bits per heavy atom. The Hall–Kier alpha value is -4.12. The maximum absolute atomic E-state index is 13.2. The number of carbonyl (C=O) groups is 3. The summed E-state index contributed by atoms with van der Waals surface area (Å²) in [5, 5.41) is 0.518. The summed E-state index contributed by atoms with van der Waals surface area (Å²) in [7, 11) is 1.59. The van der Waals surface area contributed by atoms with Crippen LogP contribution in [-0.2, 0) is 11.3 Å². The van der Waals surface area contributed by atoms with Crippen LogP contribution >= 0.6 is 11.6 Å². The van der Waals surface area contributed by atoms with Crippen LogP contribution in [0.4, 0.5) is 29.3 Å². The lowest BCUT2D eigenvalue weighted by Crippen LogP contribution is -2.35. The van der Waals surface area contributed by atoms with Crippen LogP contribution in [-0.4, -0.2) is 47.2 Å². The molecular weight excluding hydrogens is 513 g/mol. The molecule has 1 unspecified atom stereocenters. The van der Waals surface area contributed by atoms with Gasteiger partial charge in [0.05, 0.1) is 11.3 Å². The van der Waals surface area contributed by atoms with Gasteiger partial charge in [0, 0.05) is 36.7 Å². The molecule has 12 heteroatoms. The zero-order valence-electron chi connectivity index (χ0n) is 19.6. The quantitative estimate of drug-likeness (QED) is 0.404. The molecule has 1 atom stereocenters. The van der Waals surface area contributed by atoms with Crippen molar-refractivity contribution in [1.29, 1.82) is 0 Å². The van der Waals surface area contributed by atoms with Gasteiger partial charge < -0.3 is 14.5 Å². The first-order chi connectivity index (χ1) is 17.5. The topological polar surface area (TPSA) is 83.0 Å². The van der Waals surface area contributed by atoms with E-state index < -0.39 is 30.1 Å². The molecule has 192 valence electrons. The molecule has 1 aliphatic heterocycles. The van der Waals surface area contributed by atoms with Gasteiger partial charge in [-0.3, -0.25) is 14.6 Å². The number of anilines is 2. The Morgan fingerprint density at radius 2 is 1.73 bits per heavy atom. The molecule has 0 aliphatic carbocycles. The van der Waals surface area contributed by atoms with Crippen molar-refractivity contribution in [1.82, 2.24) is 9.88 Å². The maximum atomic E-state index is 13.2. The summed E-state index contributed by atoms with van der Waals surface area (Å²) in [6, 6.07) is 11.1. The van der Waals surface area contributed by atoms with Crippen molar-refractivity contribution in [3.8, 4) is 5.75 Å². The van der Waals surface area contributed by atoms with Crippen LogP contribution in [0.5, 0.6) is 5.75 Å². The van der Waals surface area contributed by atoms with Crippen molar-refractivity contribution >= 4 is 40.8 Å². The molecular formula is C25H20ClF3N4O4. The van der Waals surface area contributed by atoms with Gasteiger partial charge in [-0.15, -0.1) is 13.2 Å². The average molecular weight is 533 g/mol. The van der Waals surface area contributed by atoms with Gasteiger partial charge in [0.15, 0.2) is 0 Å². The Morgan fingerprint density at radius 1 is 1.08 bits per heavy atom. The van der Waals surface area contributed by atoms with Gasteiger partial charge >= 0.3 is 12.4 Å². The number of aromatic nitrogens is 1. The number of urea groups is 1. The van der Waals surface area contributed by atoms with Crippen molar-refractivity contribution in [2.24, 2.45) is 0 Å². The van der Waals surface area contributed by atoms with Gasteiger partial charge in [0.2, 0.25) is 0 Å². The second-order valence-corrected chi connectivity index (χ2v) is 8.61. The summed E-state index contributed by atoms with van der Waals surface area (Å²) in [6.07, 6.45) is -2.01. The predicted octanol–water partition coefficient (Wildman–Crippen LogP) is 5.27. The second kappa shape index (κ2) is 10.1. The SMILES string of the molecule is CC1C(=O)N(c2ccc(OC(F)(F)F)cc2)C(=O)N1Cc1ccncc1C(=O)N(C)c1ccc(Cl)cc1. The van der Waals surface area contributed by atoms with E-state index in [4.69, 9.17) is 11.6 Å². The highest BCUT2D eigenvalue weighted by atomic mass is 35.5. The highest BCUT2D eigenvalue weighted by Gasteiger charge is 2.43. The molecule has 0 radical (unpaired) electrons. The van der Waals surface area contributed by atoms with E-state index in [9.17, 15) is 27.6 Å². The number of nitrogens with zero attached hydrogens (tertiary/aromatic N) is 4. The molecule has 1 aromatic heterocycles. The van der Waals surface area contributed by atoms with E-state index in [1.165, 1.54) is 41.2 Å². The number of alkyl halides is 3. The zero-order chi connectivity index (χ0) is 26.9. The molecule has 1 fully saturated rings. The molecule has 4 rings (SSSR count). The summed E-state index contributed by atoms with van der Waals surface area (Å²) in [4.78, 5) is 47.0. The highest BCUT2D eigenvalue weighted by Crippen LogP contribution is 2.30. The number of pyridine rings is 1. The number of rotatable bonds is 6. The molecule has 1 saturated heterocycles. The highest BCUT2D eigenvalue weighted by molar-refractivity contribution is 6.30. The summed E-state index contributed by atoms with van der Waals surface area (Å²) >= 11 is 5.93. The number of imide groups is 1. The van der Waals surface area contributed by atoms with Crippen LogP contribution in [0.3, 0.4) is 0 Å². The van der Waals surface area contributed by atoms with Crippen molar-refractivity contribution in [3.63, 3.8) is 0 Å². The average Bonchev–Trinajstić information content (AvgIpc) is 3.06. The van der Waals surface area contributed by atoms with Crippen LogP contribution < -0.4 is 14.5 Å². The number of carbonyl (C=O) groups excluding carboxylic acids is 3. The Kier molecular flexibility index (Phi) is 7.08. The summed E-state index contributed by atoms with van der Waals surface area (Å²) in [5.74, 6) is -1.42. The summed E-state index contributed by atoms with van der Waals surface area (Å²) in [5.41, 5.74) is 1.38. The first kappa shape index (κ1) is 26.0. The van der Waals surface area contributed by atoms with Crippen LogP contribution in [0.1, 0.15) is 22.8 Å². The minimum absolute atomic E-state index is 0.0738. The van der Waals surface area contributed by atoms with E-state index in [-0.39, 0.29) is 23.7 Å². The van der Waals surface area contributed by atoms with E-state index in [1.54, 1.807) is 37.4 Å². The maximum Gasteiger partial charge on any atom is 0.573 e. The number of hydrogen-bond donors (Lipinski definition) is 0. The smallest absolute Gasteiger partial charge is 0.406 e. The monoisotopic (exact) mass is 532 g/mol. The summed E-state index contributed by atoms with van der Waals surface area (Å²) in [6.45, 7) is 1.46. The number of hydrogen-bond acceptors (Lipinski definition) is 5. The third kappa shape index (κ3) is 5.51. The van der Waals surface area contributed by atoms with Gasteiger partial charge in [-0.1, -0.05) is 11.6 Å². The van der Waals surface area contributed by atoms with Crippen molar-refractivity contribution in [2.45, 2.75) is 25.9 Å². The fourth-order valence-corrected chi connectivity index (χ4v) is 3.97. The molecule has 2 heterocycles. The molecule has 0 N–H and O–H groups in total. The van der Waals surface area contributed by atoms with Gasteiger partial charge in [-0.2, -0.15) is 0 Å². The Bertz CT molecular complexity index is 1330. The second-order valence-electron chi connectivity index (χ2n) is 8.18. The first-order valence-corrected chi connectivity index (χ1v) is 11.3. The Labute approximate surface area is 214 Å². The number of amides is 4. The van der Waals surface area contributed by atoms with Crippen LogP contribution in [0.2, 0.25) is 5.02 Å². The molecule has 37 heavy (non-hydrogen) atoms. The predicted molar refractivity (Wildman–Crippen MR) is 129 cm³/mol. The molecule has 0 saturated carbocycles. The van der Waals surface area contributed by atoms with Crippen LogP contribution in [0.15, 0.2) is 67.0 Å². The molecule has 0 bridgehead atoms. The van der Waals surface area contributed by atoms with Gasteiger partial charge in [-0.25, -0.2) is 9.69 Å². The lowest BCUT2D eigenvalue weighted by atomic mass is 10.1. The van der Waals surface area contributed by atoms with Gasteiger partial charge in [-0.05, 0) is 67.1 Å². The van der Waals surface area contributed by atoms with E-state index in [0.29, 0.717) is 16.3 Å². The van der Waals surface area contributed by atoms with Crippen molar-refractivity contribution in [2.75, 3.05) is 16.8 Å². The standard InChI is InChI=1S/C25H20ClF3N4O4/c1-15-22(34)33(19-7-9-20(10-8-19)37-25(27,28)29)24(36)32(15)14-16-11-12-30-13-21(16)23(35)31(2)18-5-3-17(26)4-6-18/h3-13,15H,14H2,1-2H3. The molecule has 2 aromatic carbocycles. The van der Waals surface area contributed by atoms with E-state index in [1.807, 2.05) is 0 Å². The van der Waals surface area contributed by atoms with Crippen molar-refractivity contribution < 1.29 is 32.3 Å². The van der Waals surface area contributed by atoms with E-state index in [0.717, 1.165) is 17.0 Å². The van der Waals surface area contributed by atoms with Gasteiger partial charge in [0.1, 0.15) is 11.8 Å². The fraction of sp³-hybridized carbons (Fsp3) is 0.200. The number of benzene rings is 2. The normalized spacial score (nSPS) is 15.8. The fourth-order valence-electron chi connectivity index (χ4n) is 3.85. The third-order valence-electron chi connectivity index (χ3n) is 5.81. The molecule has 1 aliphatic rings. The molecule has 8 nitrogen and oxygen atoms in total. The largest absolute Gasteiger partial charge is 0.573 e. The first-order valence-electron chi connectivity index (χ1n) is 10.9. The van der Waals surface area contributed by atoms with Crippen molar-refractivity contribution in [3.05, 3.63) is 83.1 Å². The molecule has 4 amide bonds. The number of ether oxygens (including phenoxy) is 1. The molecule has 0 spiro atoms. The van der Waals surface area contributed by atoms with Gasteiger partial charge in [0.25, 0.3) is 11.8 Å². The zero-order valence-corrected chi connectivity index (χ0v) is 20.3. The summed E-state index contributed by atoms with van der Waals surface area (Å²) < 4.78 is 41.2. The van der Waals surface area contributed by atoms with Crippen LogP contribution in [0.25, 0.3) is 0 Å².